The van der Waals surface area contributed by atoms with Crippen molar-refractivity contribution in [3.05, 3.63) is 77.4 Å². The Balaban J connectivity index is 0.00000500. The van der Waals surface area contributed by atoms with E-state index in [4.69, 9.17) is 23.7 Å². The molecule has 5 rings (SSSR count). The SMILES string of the molecule is CCOC(=O)c1ccc(NC(=O)N[C@@H](Cc2ccc(OC)c(OC)c2)C(=O)N[C@H]2CC[N+](C)(Cc3ccc4c(c3)OCO4)C2)cc1.[I-]. The maximum Gasteiger partial charge on any atom is 0.338 e. The monoisotopic (exact) mass is 760 g/mol. The number of nitrogens with zero attached hydrogens (tertiary/aromatic N) is 1. The summed E-state index contributed by atoms with van der Waals surface area (Å²) in [5.74, 6) is 1.87. The number of quaternary nitrogens is 1. The number of rotatable bonds is 12. The van der Waals surface area contributed by atoms with Crippen LogP contribution in [0.5, 0.6) is 23.0 Å². The van der Waals surface area contributed by atoms with Crippen LogP contribution in [-0.2, 0) is 22.5 Å². The van der Waals surface area contributed by atoms with Gasteiger partial charge in [-0.25, -0.2) is 9.59 Å². The van der Waals surface area contributed by atoms with Gasteiger partial charge in [0.25, 0.3) is 0 Å². The van der Waals surface area contributed by atoms with Crippen LogP contribution >= 0.6 is 0 Å². The molecule has 0 saturated carbocycles. The number of anilines is 1. The summed E-state index contributed by atoms with van der Waals surface area (Å²) in [6.45, 7) is 4.64. The third-order valence-electron chi connectivity index (χ3n) is 8.19. The Morgan fingerprint density at radius 1 is 0.936 bits per heavy atom. The number of urea groups is 1. The van der Waals surface area contributed by atoms with Crippen LogP contribution in [0.3, 0.4) is 0 Å². The number of carbonyl (C=O) groups is 3. The first-order valence-corrected chi connectivity index (χ1v) is 15.3. The fourth-order valence-electron chi connectivity index (χ4n) is 5.91. The minimum atomic E-state index is -0.884. The maximum atomic E-state index is 13.7. The van der Waals surface area contributed by atoms with E-state index in [9.17, 15) is 14.4 Å². The first kappa shape index (κ1) is 35.6. The van der Waals surface area contributed by atoms with Gasteiger partial charge in [0, 0.05) is 24.1 Å². The molecular formula is C34H41IN4O8. The van der Waals surface area contributed by atoms with Crippen molar-refractivity contribution in [2.75, 3.05) is 53.1 Å². The number of fused-ring (bicyclic) bond motifs is 1. The molecule has 0 aliphatic carbocycles. The van der Waals surface area contributed by atoms with Gasteiger partial charge in [-0.05, 0) is 67.1 Å². The molecule has 2 heterocycles. The largest absolute Gasteiger partial charge is 1.00 e. The second kappa shape index (κ2) is 16.0. The lowest BCUT2D eigenvalue weighted by Crippen LogP contribution is -3.00. The van der Waals surface area contributed by atoms with Crippen molar-refractivity contribution in [3.8, 4) is 23.0 Å². The van der Waals surface area contributed by atoms with Gasteiger partial charge >= 0.3 is 12.0 Å². The standard InChI is InChI=1S/C34H40N4O8.HI/c1-5-44-33(40)24-8-10-25(11-9-24)36-34(41)37-27(16-22-6-12-28(42-3)30(17-22)43-4)32(39)35-26-14-15-38(2,20-26)19-23-7-13-29-31(18-23)46-21-45-29;/h6-13,17-18,26-27H,5,14-16,19-21H2,1-4H3,(H2-,35,36,37,39,40,41);1H/t26-,27-,38?;/m0./s1. The Morgan fingerprint density at radius 3 is 2.38 bits per heavy atom. The molecule has 1 saturated heterocycles. The predicted octanol–water partition coefficient (Wildman–Crippen LogP) is 0.881. The molecule has 0 aromatic heterocycles. The zero-order valence-electron chi connectivity index (χ0n) is 27.0. The van der Waals surface area contributed by atoms with Gasteiger partial charge in [0.05, 0.1) is 52.6 Å². The Hall–Kier alpha value is -4.24. The number of benzene rings is 3. The lowest BCUT2D eigenvalue weighted by Gasteiger charge is -2.30. The van der Waals surface area contributed by atoms with E-state index in [1.54, 1.807) is 57.5 Å². The Kier molecular flexibility index (Phi) is 12.2. The number of likely N-dealkylation sites (N-methyl/N-ethyl adjacent to an activating group) is 1. The topological polar surface area (TPSA) is 133 Å². The van der Waals surface area contributed by atoms with E-state index < -0.39 is 18.0 Å². The molecule has 1 fully saturated rings. The second-order valence-electron chi connectivity index (χ2n) is 11.7. The summed E-state index contributed by atoms with van der Waals surface area (Å²) in [4.78, 5) is 38.9. The van der Waals surface area contributed by atoms with Crippen LogP contribution in [0, 0.1) is 0 Å². The van der Waals surface area contributed by atoms with Crippen LogP contribution < -0.4 is 58.9 Å². The fraction of sp³-hybridized carbons (Fsp3) is 0.382. The number of carbonyl (C=O) groups excluding carboxylic acids is 3. The highest BCUT2D eigenvalue weighted by atomic mass is 127. The van der Waals surface area contributed by atoms with E-state index in [-0.39, 0.29) is 55.7 Å². The van der Waals surface area contributed by atoms with E-state index in [1.165, 1.54) is 0 Å². The molecule has 0 spiro atoms. The van der Waals surface area contributed by atoms with Crippen molar-refractivity contribution < 1.29 is 66.5 Å². The summed E-state index contributed by atoms with van der Waals surface area (Å²) >= 11 is 0. The third kappa shape index (κ3) is 9.19. The van der Waals surface area contributed by atoms with Crippen molar-refractivity contribution in [3.63, 3.8) is 0 Å². The molecule has 0 bridgehead atoms. The number of halogens is 1. The summed E-state index contributed by atoms with van der Waals surface area (Å²) in [6, 6.07) is 16.2. The summed E-state index contributed by atoms with van der Waals surface area (Å²) in [7, 11) is 5.28. The molecule has 3 aromatic carbocycles. The molecule has 1 unspecified atom stereocenters. The van der Waals surface area contributed by atoms with Gasteiger partial charge in [0.15, 0.2) is 23.0 Å². The second-order valence-corrected chi connectivity index (χ2v) is 11.7. The normalized spacial score (nSPS) is 18.3. The molecule has 3 amide bonds. The van der Waals surface area contributed by atoms with E-state index >= 15 is 0 Å². The van der Waals surface area contributed by atoms with Gasteiger partial charge in [-0.1, -0.05) is 6.07 Å². The van der Waals surface area contributed by atoms with Gasteiger partial charge in [0.1, 0.15) is 12.6 Å². The van der Waals surface area contributed by atoms with Crippen LogP contribution in [0.4, 0.5) is 10.5 Å². The Morgan fingerprint density at radius 2 is 1.66 bits per heavy atom. The zero-order chi connectivity index (χ0) is 32.7. The van der Waals surface area contributed by atoms with Crippen LogP contribution in [0.15, 0.2) is 60.7 Å². The number of esters is 1. The highest BCUT2D eigenvalue weighted by molar-refractivity contribution is 5.95. The van der Waals surface area contributed by atoms with Crippen molar-refractivity contribution in [2.45, 2.75) is 38.4 Å². The predicted molar refractivity (Wildman–Crippen MR) is 170 cm³/mol. The van der Waals surface area contributed by atoms with Gasteiger partial charge in [-0.15, -0.1) is 0 Å². The molecule has 47 heavy (non-hydrogen) atoms. The molecule has 13 heteroatoms. The molecule has 252 valence electrons. The van der Waals surface area contributed by atoms with Crippen molar-refractivity contribution >= 4 is 23.6 Å². The minimum absolute atomic E-state index is 0. The first-order chi connectivity index (χ1) is 22.2. The van der Waals surface area contributed by atoms with E-state index in [0.717, 1.165) is 53.2 Å². The highest BCUT2D eigenvalue weighted by Gasteiger charge is 2.37. The average molecular weight is 761 g/mol. The van der Waals surface area contributed by atoms with Crippen LogP contribution in [0.2, 0.25) is 0 Å². The van der Waals surface area contributed by atoms with Crippen LogP contribution in [0.25, 0.3) is 0 Å². The van der Waals surface area contributed by atoms with E-state index in [2.05, 4.69) is 29.1 Å². The smallest absolute Gasteiger partial charge is 0.338 e. The molecule has 3 atom stereocenters. The fourth-order valence-corrected chi connectivity index (χ4v) is 5.91. The number of nitrogens with one attached hydrogen (secondary N) is 3. The molecule has 2 aliphatic rings. The minimum Gasteiger partial charge on any atom is -1.00 e. The lowest BCUT2D eigenvalue weighted by atomic mass is 10.0. The number of ether oxygens (including phenoxy) is 5. The Bertz CT molecular complexity index is 1570. The summed E-state index contributed by atoms with van der Waals surface area (Å²) in [6.07, 6.45) is 1.02. The molecule has 2 aliphatic heterocycles. The maximum absolute atomic E-state index is 13.7. The number of methoxy groups -OCH3 is 2. The van der Waals surface area contributed by atoms with Gasteiger partial charge in [0.2, 0.25) is 12.7 Å². The Labute approximate surface area is 291 Å². The molecular weight excluding hydrogens is 719 g/mol. The van der Waals surface area contributed by atoms with Crippen LogP contribution in [0.1, 0.15) is 34.8 Å². The number of likely N-dealkylation sites (tertiary alicyclic amines) is 1. The van der Waals surface area contributed by atoms with Crippen molar-refractivity contribution in [1.29, 1.82) is 0 Å². The molecule has 3 N–H and O–H groups in total. The molecule has 12 nitrogen and oxygen atoms in total. The van der Waals surface area contributed by atoms with Crippen molar-refractivity contribution in [2.24, 2.45) is 0 Å². The number of hydrogen-bond acceptors (Lipinski definition) is 8. The van der Waals surface area contributed by atoms with Gasteiger partial charge in [-0.3, -0.25) is 4.79 Å². The van der Waals surface area contributed by atoms with E-state index in [0.29, 0.717) is 22.7 Å². The summed E-state index contributed by atoms with van der Waals surface area (Å²) < 4.78 is 27.6. The number of amides is 3. The third-order valence-corrected chi connectivity index (χ3v) is 8.19. The van der Waals surface area contributed by atoms with Gasteiger partial charge < -0.3 is 68.1 Å². The van der Waals surface area contributed by atoms with Crippen molar-refractivity contribution in [1.82, 2.24) is 10.6 Å². The first-order valence-electron chi connectivity index (χ1n) is 15.3. The highest BCUT2D eigenvalue weighted by Crippen LogP contribution is 2.34. The molecule has 0 radical (unpaired) electrons. The average Bonchev–Trinajstić information content (AvgIpc) is 3.66. The quantitative estimate of drug-likeness (QED) is 0.141. The van der Waals surface area contributed by atoms with E-state index in [1.807, 2.05) is 18.2 Å². The summed E-state index contributed by atoms with van der Waals surface area (Å²) in [5.41, 5.74) is 2.76. The molecule has 3 aromatic rings. The van der Waals surface area contributed by atoms with Crippen LogP contribution in [-0.4, -0.2) is 82.2 Å². The number of hydrogen-bond donors (Lipinski definition) is 3. The summed E-state index contributed by atoms with van der Waals surface area (Å²) in [5, 5.41) is 8.78. The zero-order valence-corrected chi connectivity index (χ0v) is 29.1. The van der Waals surface area contributed by atoms with Gasteiger partial charge in [-0.2, -0.15) is 0 Å². The lowest BCUT2D eigenvalue weighted by molar-refractivity contribution is -0.911.